The number of benzene rings is 2. The van der Waals surface area contributed by atoms with E-state index in [-0.39, 0.29) is 11.8 Å². The Hall–Kier alpha value is -3.08. The van der Waals surface area contributed by atoms with Gasteiger partial charge in [-0.25, -0.2) is 0 Å². The molecule has 0 fully saturated rings. The molecule has 1 heterocycles. The van der Waals surface area contributed by atoms with Crippen LogP contribution in [0.15, 0.2) is 54.6 Å². The Morgan fingerprint density at radius 3 is 2.54 bits per heavy atom. The quantitative estimate of drug-likeness (QED) is 0.741. The molecule has 3 aromatic rings. The molecule has 26 heavy (non-hydrogen) atoms. The SMILES string of the molecule is CCC(=O)NCCc1cc2c(OC)cccc2n1C(=O)c1ccccc1. The molecule has 0 spiro atoms. The van der Waals surface area contributed by atoms with E-state index in [1.807, 2.05) is 49.4 Å². The van der Waals surface area contributed by atoms with Crippen LogP contribution in [0.25, 0.3) is 10.9 Å². The zero-order valence-electron chi connectivity index (χ0n) is 15.0. The average Bonchev–Trinajstić information content (AvgIpc) is 3.06. The van der Waals surface area contributed by atoms with Crippen LogP contribution in [-0.4, -0.2) is 30.0 Å². The monoisotopic (exact) mass is 350 g/mol. The van der Waals surface area contributed by atoms with Gasteiger partial charge in [-0.1, -0.05) is 31.2 Å². The topological polar surface area (TPSA) is 60.3 Å². The average molecular weight is 350 g/mol. The normalized spacial score (nSPS) is 10.7. The first-order valence-electron chi connectivity index (χ1n) is 8.69. The number of aromatic nitrogens is 1. The number of rotatable bonds is 6. The highest BCUT2D eigenvalue weighted by Gasteiger charge is 2.18. The number of nitrogens with zero attached hydrogens (tertiary/aromatic N) is 1. The summed E-state index contributed by atoms with van der Waals surface area (Å²) in [5, 5.41) is 3.75. The largest absolute Gasteiger partial charge is 0.496 e. The lowest BCUT2D eigenvalue weighted by Gasteiger charge is -2.10. The van der Waals surface area contributed by atoms with Gasteiger partial charge in [0.05, 0.1) is 12.6 Å². The van der Waals surface area contributed by atoms with Crippen molar-refractivity contribution in [3.05, 3.63) is 65.9 Å². The third-order valence-corrected chi connectivity index (χ3v) is 4.35. The highest BCUT2D eigenvalue weighted by molar-refractivity contribution is 6.04. The van der Waals surface area contributed by atoms with Gasteiger partial charge in [-0.2, -0.15) is 0 Å². The number of hydrogen-bond donors (Lipinski definition) is 1. The molecule has 3 rings (SSSR count). The van der Waals surface area contributed by atoms with Crippen LogP contribution in [-0.2, 0) is 11.2 Å². The molecule has 2 aromatic carbocycles. The van der Waals surface area contributed by atoms with E-state index in [0.29, 0.717) is 24.9 Å². The van der Waals surface area contributed by atoms with Gasteiger partial charge in [0.15, 0.2) is 0 Å². The van der Waals surface area contributed by atoms with Gasteiger partial charge in [-0.15, -0.1) is 0 Å². The Labute approximate surface area is 152 Å². The van der Waals surface area contributed by atoms with Gasteiger partial charge in [0.25, 0.3) is 5.91 Å². The van der Waals surface area contributed by atoms with Gasteiger partial charge >= 0.3 is 0 Å². The minimum atomic E-state index is -0.0920. The molecule has 134 valence electrons. The Morgan fingerprint density at radius 2 is 1.85 bits per heavy atom. The van der Waals surface area contributed by atoms with E-state index >= 15 is 0 Å². The summed E-state index contributed by atoms with van der Waals surface area (Å²) < 4.78 is 7.16. The van der Waals surface area contributed by atoms with Crippen molar-refractivity contribution in [1.29, 1.82) is 0 Å². The number of methoxy groups -OCH3 is 1. The van der Waals surface area contributed by atoms with Crippen molar-refractivity contribution in [2.45, 2.75) is 19.8 Å². The molecule has 1 amide bonds. The van der Waals surface area contributed by atoms with Crippen LogP contribution in [0.3, 0.4) is 0 Å². The van der Waals surface area contributed by atoms with Crippen molar-refractivity contribution in [2.75, 3.05) is 13.7 Å². The Balaban J connectivity index is 2.04. The van der Waals surface area contributed by atoms with E-state index in [2.05, 4.69) is 5.32 Å². The highest BCUT2D eigenvalue weighted by atomic mass is 16.5. The van der Waals surface area contributed by atoms with Crippen molar-refractivity contribution in [3.63, 3.8) is 0 Å². The fourth-order valence-corrected chi connectivity index (χ4v) is 3.02. The molecule has 0 saturated carbocycles. The first-order valence-corrected chi connectivity index (χ1v) is 8.69. The van der Waals surface area contributed by atoms with E-state index in [1.165, 1.54) is 0 Å². The lowest BCUT2D eigenvalue weighted by Crippen LogP contribution is -2.26. The number of fused-ring (bicyclic) bond motifs is 1. The summed E-state index contributed by atoms with van der Waals surface area (Å²) in [6.45, 7) is 2.30. The summed E-state index contributed by atoms with van der Waals surface area (Å²) in [5.41, 5.74) is 2.26. The second-order valence-electron chi connectivity index (χ2n) is 5.99. The molecular weight excluding hydrogens is 328 g/mol. The maximum Gasteiger partial charge on any atom is 0.262 e. The van der Waals surface area contributed by atoms with Gasteiger partial charge in [-0.05, 0) is 30.3 Å². The first kappa shape index (κ1) is 17.7. The van der Waals surface area contributed by atoms with Crippen LogP contribution in [0.4, 0.5) is 0 Å². The maximum atomic E-state index is 13.1. The summed E-state index contributed by atoms with van der Waals surface area (Å²) in [6.07, 6.45) is 1.00. The van der Waals surface area contributed by atoms with Crippen molar-refractivity contribution in [2.24, 2.45) is 0 Å². The predicted octanol–water partition coefficient (Wildman–Crippen LogP) is 3.41. The second kappa shape index (κ2) is 7.87. The molecule has 1 N–H and O–H groups in total. The molecule has 0 saturated heterocycles. The Morgan fingerprint density at radius 1 is 1.08 bits per heavy atom. The van der Waals surface area contributed by atoms with Gasteiger partial charge in [-0.3, -0.25) is 14.2 Å². The van der Waals surface area contributed by atoms with E-state index < -0.39 is 0 Å². The van der Waals surface area contributed by atoms with Crippen molar-refractivity contribution >= 4 is 22.7 Å². The molecule has 0 aliphatic carbocycles. The molecule has 0 atom stereocenters. The smallest absolute Gasteiger partial charge is 0.262 e. The van der Waals surface area contributed by atoms with Crippen molar-refractivity contribution < 1.29 is 14.3 Å². The molecule has 0 aliphatic rings. The summed E-state index contributed by atoms with van der Waals surface area (Å²) in [5.74, 6) is 0.631. The number of amides is 1. The van der Waals surface area contributed by atoms with Crippen LogP contribution in [0, 0.1) is 0 Å². The molecule has 5 heteroatoms. The number of hydrogen-bond acceptors (Lipinski definition) is 3. The van der Waals surface area contributed by atoms with E-state index in [4.69, 9.17) is 4.74 Å². The summed E-state index contributed by atoms with van der Waals surface area (Å²) >= 11 is 0. The number of carbonyl (C=O) groups excluding carboxylic acids is 2. The van der Waals surface area contributed by atoms with Crippen LogP contribution < -0.4 is 10.1 Å². The van der Waals surface area contributed by atoms with Crippen LogP contribution >= 0.6 is 0 Å². The standard InChI is InChI=1S/C21H22N2O3/c1-3-20(24)22-13-12-16-14-17-18(10-7-11-19(17)26-2)23(16)21(25)15-8-5-4-6-9-15/h4-11,14H,3,12-13H2,1-2H3,(H,22,24). The van der Waals surface area contributed by atoms with E-state index in [0.717, 1.165) is 22.3 Å². The van der Waals surface area contributed by atoms with Crippen LogP contribution in [0.2, 0.25) is 0 Å². The minimum absolute atomic E-state index is 0.000345. The fraction of sp³-hybridized carbons (Fsp3) is 0.238. The summed E-state index contributed by atoms with van der Waals surface area (Å²) in [7, 11) is 1.62. The number of ether oxygens (including phenoxy) is 1. The zero-order chi connectivity index (χ0) is 18.5. The van der Waals surface area contributed by atoms with Gasteiger partial charge in [0.1, 0.15) is 5.75 Å². The van der Waals surface area contributed by atoms with E-state index in [1.54, 1.807) is 23.8 Å². The third kappa shape index (κ3) is 3.47. The van der Waals surface area contributed by atoms with Gasteiger partial charge in [0.2, 0.25) is 5.91 Å². The Bertz CT molecular complexity index is 929. The lowest BCUT2D eigenvalue weighted by atomic mass is 10.2. The fourth-order valence-electron chi connectivity index (χ4n) is 3.02. The molecule has 1 aromatic heterocycles. The maximum absolute atomic E-state index is 13.1. The molecular formula is C21H22N2O3. The molecule has 0 radical (unpaired) electrons. The van der Waals surface area contributed by atoms with Gasteiger partial charge < -0.3 is 10.1 Å². The zero-order valence-corrected chi connectivity index (χ0v) is 15.0. The van der Waals surface area contributed by atoms with Crippen LogP contribution in [0.1, 0.15) is 29.4 Å². The second-order valence-corrected chi connectivity index (χ2v) is 5.99. The summed E-state index contributed by atoms with van der Waals surface area (Å²) in [4.78, 5) is 24.6. The predicted molar refractivity (Wildman–Crippen MR) is 102 cm³/mol. The molecule has 0 unspecified atom stereocenters. The third-order valence-electron chi connectivity index (χ3n) is 4.35. The Kier molecular flexibility index (Phi) is 5.37. The summed E-state index contributed by atoms with van der Waals surface area (Å²) in [6, 6.07) is 16.8. The van der Waals surface area contributed by atoms with Crippen molar-refractivity contribution in [3.8, 4) is 5.75 Å². The number of nitrogens with one attached hydrogen (secondary N) is 1. The lowest BCUT2D eigenvalue weighted by molar-refractivity contribution is -0.120. The highest BCUT2D eigenvalue weighted by Crippen LogP contribution is 2.29. The molecule has 0 bridgehead atoms. The van der Waals surface area contributed by atoms with Crippen molar-refractivity contribution in [1.82, 2.24) is 9.88 Å². The molecule has 5 nitrogen and oxygen atoms in total. The number of carbonyl (C=O) groups is 2. The molecule has 0 aliphatic heterocycles. The van der Waals surface area contributed by atoms with Crippen LogP contribution in [0.5, 0.6) is 5.75 Å². The first-order chi connectivity index (χ1) is 12.7. The van der Waals surface area contributed by atoms with E-state index in [9.17, 15) is 9.59 Å². The minimum Gasteiger partial charge on any atom is -0.496 e. The van der Waals surface area contributed by atoms with Gasteiger partial charge in [0, 0.05) is 36.0 Å².